The van der Waals surface area contributed by atoms with Gasteiger partial charge in [-0.05, 0) is 12.1 Å². The number of halogens is 3. The minimum atomic E-state index is -4.59. The Labute approximate surface area is 106 Å². The highest BCUT2D eigenvalue weighted by Crippen LogP contribution is 2.36. The van der Waals surface area contributed by atoms with Gasteiger partial charge in [-0.15, -0.1) is 0 Å². The Kier molecular flexibility index (Phi) is 3.61. The van der Waals surface area contributed by atoms with E-state index in [1.54, 1.807) is 4.90 Å². The molecular weight excluding hydrogens is 265 g/mol. The van der Waals surface area contributed by atoms with Crippen molar-refractivity contribution in [3.05, 3.63) is 33.9 Å². The van der Waals surface area contributed by atoms with Crippen molar-refractivity contribution >= 4 is 11.4 Å². The SMILES string of the molecule is O=[N+]([O-])c1cc(C(F)(F)F)ccc1N1CCOCC1. The number of anilines is 1. The predicted octanol–water partition coefficient (Wildman–Crippen LogP) is 2.45. The molecule has 0 bridgehead atoms. The van der Waals surface area contributed by atoms with Crippen LogP contribution in [0.25, 0.3) is 0 Å². The van der Waals surface area contributed by atoms with E-state index in [1.165, 1.54) is 0 Å². The van der Waals surface area contributed by atoms with Crippen molar-refractivity contribution in [2.24, 2.45) is 0 Å². The average molecular weight is 276 g/mol. The Morgan fingerprint density at radius 2 is 1.89 bits per heavy atom. The third-order valence-corrected chi connectivity index (χ3v) is 2.85. The van der Waals surface area contributed by atoms with Crippen LogP contribution in [-0.4, -0.2) is 31.2 Å². The molecule has 19 heavy (non-hydrogen) atoms. The smallest absolute Gasteiger partial charge is 0.378 e. The third kappa shape index (κ3) is 2.95. The Morgan fingerprint density at radius 3 is 2.42 bits per heavy atom. The number of hydrogen-bond acceptors (Lipinski definition) is 4. The number of benzene rings is 1. The summed E-state index contributed by atoms with van der Waals surface area (Å²) in [5.41, 5.74) is -1.35. The first-order valence-corrected chi connectivity index (χ1v) is 5.58. The van der Waals surface area contributed by atoms with Crippen LogP contribution < -0.4 is 4.90 Å². The number of nitro groups is 1. The molecule has 1 aromatic rings. The molecule has 0 spiro atoms. The minimum absolute atomic E-state index is 0.196. The van der Waals surface area contributed by atoms with Crippen molar-refractivity contribution < 1.29 is 22.8 Å². The largest absolute Gasteiger partial charge is 0.416 e. The Hall–Kier alpha value is -1.83. The molecule has 0 amide bonds. The second kappa shape index (κ2) is 5.04. The van der Waals surface area contributed by atoms with Gasteiger partial charge >= 0.3 is 6.18 Å². The summed E-state index contributed by atoms with van der Waals surface area (Å²) in [6.45, 7) is 1.65. The van der Waals surface area contributed by atoms with Crippen molar-refractivity contribution in [1.29, 1.82) is 0 Å². The maximum atomic E-state index is 12.5. The molecule has 1 aromatic carbocycles. The molecule has 0 N–H and O–H groups in total. The lowest BCUT2D eigenvalue weighted by Gasteiger charge is -2.28. The normalized spacial score (nSPS) is 16.5. The fourth-order valence-corrected chi connectivity index (χ4v) is 1.92. The maximum Gasteiger partial charge on any atom is 0.416 e. The topological polar surface area (TPSA) is 55.6 Å². The second-order valence-corrected chi connectivity index (χ2v) is 4.06. The number of alkyl halides is 3. The van der Waals surface area contributed by atoms with E-state index in [0.717, 1.165) is 12.1 Å². The van der Waals surface area contributed by atoms with E-state index in [2.05, 4.69) is 0 Å². The quantitative estimate of drug-likeness (QED) is 0.615. The van der Waals surface area contributed by atoms with Gasteiger partial charge < -0.3 is 9.64 Å². The van der Waals surface area contributed by atoms with E-state index in [4.69, 9.17) is 4.74 Å². The highest BCUT2D eigenvalue weighted by molar-refractivity contribution is 5.64. The Morgan fingerprint density at radius 1 is 1.26 bits per heavy atom. The molecule has 5 nitrogen and oxygen atoms in total. The number of nitro benzene ring substituents is 1. The first-order chi connectivity index (χ1) is 8.89. The van der Waals surface area contributed by atoms with Crippen LogP contribution in [0.15, 0.2) is 18.2 Å². The van der Waals surface area contributed by atoms with Crippen LogP contribution in [0.4, 0.5) is 24.5 Å². The van der Waals surface area contributed by atoms with Crippen molar-refractivity contribution in [3.8, 4) is 0 Å². The van der Waals surface area contributed by atoms with Gasteiger partial charge in [0.05, 0.1) is 23.7 Å². The van der Waals surface area contributed by atoms with E-state index in [1.807, 2.05) is 0 Å². The Bertz CT molecular complexity index is 485. The number of rotatable bonds is 2. The molecule has 1 aliphatic heterocycles. The third-order valence-electron chi connectivity index (χ3n) is 2.85. The molecular formula is C11H11F3N2O3. The summed E-state index contributed by atoms with van der Waals surface area (Å²) in [6, 6.07) is 2.58. The van der Waals surface area contributed by atoms with Crippen molar-refractivity contribution in [2.75, 3.05) is 31.2 Å². The van der Waals surface area contributed by atoms with Crippen molar-refractivity contribution in [1.82, 2.24) is 0 Å². The molecule has 104 valence electrons. The minimum Gasteiger partial charge on any atom is -0.378 e. The van der Waals surface area contributed by atoms with Gasteiger partial charge in [0.15, 0.2) is 0 Å². The molecule has 0 aromatic heterocycles. The second-order valence-electron chi connectivity index (χ2n) is 4.06. The van der Waals surface area contributed by atoms with E-state index in [0.29, 0.717) is 32.4 Å². The molecule has 0 radical (unpaired) electrons. The summed E-state index contributed by atoms with van der Waals surface area (Å²) >= 11 is 0. The number of ether oxygens (including phenoxy) is 1. The van der Waals surface area contributed by atoms with Gasteiger partial charge in [-0.1, -0.05) is 0 Å². The van der Waals surface area contributed by atoms with Gasteiger partial charge in [-0.25, -0.2) is 0 Å². The summed E-state index contributed by atoms with van der Waals surface area (Å²) in [5.74, 6) is 0. The molecule has 2 rings (SSSR count). The van der Waals surface area contributed by atoms with E-state index in [-0.39, 0.29) is 5.69 Å². The summed E-state index contributed by atoms with van der Waals surface area (Å²) in [4.78, 5) is 11.8. The first kappa shape index (κ1) is 13.6. The van der Waals surface area contributed by atoms with Crippen LogP contribution in [0.2, 0.25) is 0 Å². The fourth-order valence-electron chi connectivity index (χ4n) is 1.92. The molecule has 1 heterocycles. The van der Waals surface area contributed by atoms with Gasteiger partial charge in [0.1, 0.15) is 5.69 Å². The lowest BCUT2D eigenvalue weighted by molar-refractivity contribution is -0.384. The monoisotopic (exact) mass is 276 g/mol. The lowest BCUT2D eigenvalue weighted by Crippen LogP contribution is -2.36. The number of nitrogens with zero attached hydrogens (tertiary/aromatic N) is 2. The zero-order valence-electron chi connectivity index (χ0n) is 9.81. The van der Waals surface area contributed by atoms with Crippen LogP contribution in [-0.2, 0) is 10.9 Å². The first-order valence-electron chi connectivity index (χ1n) is 5.58. The van der Waals surface area contributed by atoms with Gasteiger partial charge in [0.2, 0.25) is 0 Å². The van der Waals surface area contributed by atoms with Crippen LogP contribution in [0.3, 0.4) is 0 Å². The molecule has 0 unspecified atom stereocenters. The molecule has 0 aliphatic carbocycles. The fraction of sp³-hybridized carbons (Fsp3) is 0.455. The number of morpholine rings is 1. The number of hydrogen-bond donors (Lipinski definition) is 0. The predicted molar refractivity (Wildman–Crippen MR) is 61.1 cm³/mol. The van der Waals surface area contributed by atoms with Gasteiger partial charge in [-0.3, -0.25) is 10.1 Å². The molecule has 0 atom stereocenters. The van der Waals surface area contributed by atoms with E-state index >= 15 is 0 Å². The van der Waals surface area contributed by atoms with Gasteiger partial charge in [-0.2, -0.15) is 13.2 Å². The van der Waals surface area contributed by atoms with Crippen LogP contribution in [0, 0.1) is 10.1 Å². The average Bonchev–Trinajstić information content (AvgIpc) is 2.38. The summed E-state index contributed by atoms with van der Waals surface area (Å²) < 4.78 is 42.8. The lowest BCUT2D eigenvalue weighted by atomic mass is 10.1. The highest BCUT2D eigenvalue weighted by atomic mass is 19.4. The molecule has 1 saturated heterocycles. The summed E-state index contributed by atoms with van der Waals surface area (Å²) in [5, 5.41) is 10.9. The standard InChI is InChI=1S/C11H11F3N2O3/c12-11(13,14)8-1-2-9(10(7-8)16(17)18)15-3-5-19-6-4-15/h1-2,7H,3-6H2. The molecule has 1 fully saturated rings. The summed E-state index contributed by atoms with van der Waals surface area (Å²) in [7, 11) is 0. The van der Waals surface area contributed by atoms with Crippen LogP contribution in [0.1, 0.15) is 5.56 Å². The van der Waals surface area contributed by atoms with Crippen molar-refractivity contribution in [3.63, 3.8) is 0 Å². The van der Waals surface area contributed by atoms with Crippen molar-refractivity contribution in [2.45, 2.75) is 6.18 Å². The van der Waals surface area contributed by atoms with Crippen LogP contribution >= 0.6 is 0 Å². The Balaban J connectivity index is 2.40. The molecule has 0 saturated carbocycles. The molecule has 1 aliphatic rings. The molecule has 8 heteroatoms. The highest BCUT2D eigenvalue weighted by Gasteiger charge is 2.33. The van der Waals surface area contributed by atoms with E-state index < -0.39 is 22.4 Å². The van der Waals surface area contributed by atoms with Gasteiger partial charge in [0.25, 0.3) is 5.69 Å². The summed E-state index contributed by atoms with van der Waals surface area (Å²) in [6.07, 6.45) is -4.59. The maximum absolute atomic E-state index is 12.5. The van der Waals surface area contributed by atoms with Gasteiger partial charge in [0, 0.05) is 19.2 Å². The van der Waals surface area contributed by atoms with Crippen LogP contribution in [0.5, 0.6) is 0 Å². The zero-order valence-corrected chi connectivity index (χ0v) is 9.81. The van der Waals surface area contributed by atoms with E-state index in [9.17, 15) is 23.3 Å². The zero-order chi connectivity index (χ0) is 14.0.